The van der Waals surface area contributed by atoms with Crippen LogP contribution in [0.15, 0.2) is 52.6 Å². The first-order chi connectivity index (χ1) is 23.2. The molecule has 6 aliphatic rings. The van der Waals surface area contributed by atoms with Gasteiger partial charge in [-0.25, -0.2) is 13.1 Å². The summed E-state index contributed by atoms with van der Waals surface area (Å²) in [7, 11) is -2.09. The number of hydrogen-bond acceptors (Lipinski definition) is 6. The highest BCUT2D eigenvalue weighted by atomic mass is 32.2. The number of rotatable bonds is 7. The predicted molar refractivity (Wildman–Crippen MR) is 184 cm³/mol. The van der Waals surface area contributed by atoms with E-state index in [9.17, 15) is 18.0 Å². The first-order valence-corrected chi connectivity index (χ1v) is 19.6. The van der Waals surface area contributed by atoms with E-state index in [1.165, 1.54) is 24.8 Å². The first-order valence-electron chi connectivity index (χ1n) is 18.0. The summed E-state index contributed by atoms with van der Waals surface area (Å²) in [4.78, 5) is 30.7. The van der Waals surface area contributed by atoms with E-state index in [-0.39, 0.29) is 41.5 Å². The number of carbonyl (C=O) groups is 2. The van der Waals surface area contributed by atoms with Crippen molar-refractivity contribution in [3.8, 4) is 5.75 Å². The Bertz CT molecular complexity index is 1860. The smallest absolute Gasteiger partial charge is 0.265 e. The molecule has 3 aliphatic carbocycles. The van der Waals surface area contributed by atoms with Crippen LogP contribution in [0.3, 0.4) is 0 Å². The molecule has 1 aromatic heterocycles. The van der Waals surface area contributed by atoms with E-state index >= 15 is 0 Å². The van der Waals surface area contributed by atoms with Crippen LogP contribution in [0.4, 0.5) is 0 Å². The Hall–Kier alpha value is -3.37. The third kappa shape index (κ3) is 5.34. The topological polar surface area (TPSA) is 107 Å². The van der Waals surface area contributed by atoms with Crippen LogP contribution in [0, 0.1) is 11.8 Å². The maximum Gasteiger partial charge on any atom is 0.265 e. The molecule has 4 heterocycles. The van der Waals surface area contributed by atoms with E-state index in [2.05, 4.69) is 44.5 Å². The second-order valence-electron chi connectivity index (χ2n) is 15.1. The van der Waals surface area contributed by atoms with Crippen molar-refractivity contribution >= 4 is 32.7 Å². The summed E-state index contributed by atoms with van der Waals surface area (Å²) in [6, 6.07) is 6.72. The van der Waals surface area contributed by atoms with Crippen LogP contribution in [0.2, 0.25) is 0 Å². The monoisotopic (exact) mass is 673 g/mol. The predicted octanol–water partition coefficient (Wildman–Crippen LogP) is 5.86. The Morgan fingerprint density at radius 2 is 1.79 bits per heavy atom. The average Bonchev–Trinajstić information content (AvgIpc) is 3.69. The lowest BCUT2D eigenvalue weighted by Gasteiger charge is -2.48. The van der Waals surface area contributed by atoms with Gasteiger partial charge in [-0.1, -0.05) is 51.3 Å². The molecule has 1 aromatic carbocycles. The number of ether oxygens (including phenoxy) is 2. The molecule has 1 saturated carbocycles. The second-order valence-corrected chi connectivity index (χ2v) is 16.9. The molecule has 3 aliphatic heterocycles. The molecule has 8 rings (SSSR count). The Labute approximate surface area is 283 Å². The first kappa shape index (κ1) is 31.9. The normalized spacial score (nSPS) is 27.0. The average molecular weight is 674 g/mol. The molecule has 48 heavy (non-hydrogen) atoms. The molecular weight excluding hydrogens is 627 g/mol. The standard InChI is InChI=1S/C38H47N3O6S/c1-22(2)21-48(44,45)39-37(42)35-30-18-40-31(17-29-32(46-3)16-15-26(36(29)40)23-9-5-4-6-10-23)33-27(34(30)35)13-8-14-28(33)38(43)41-24-11-7-12-25(41)20-47-19-24/h8,13,15-17,22-25,28,33H,4-7,9-12,14,18-21H2,1-3H3,(H,39,42)/t24-,25+,28-,33?/m1/s1. The van der Waals surface area contributed by atoms with Gasteiger partial charge in [-0.15, -0.1) is 0 Å². The van der Waals surface area contributed by atoms with Gasteiger partial charge < -0.3 is 18.9 Å². The molecule has 2 amide bonds. The third-order valence-electron chi connectivity index (χ3n) is 11.6. The van der Waals surface area contributed by atoms with Gasteiger partial charge in [0.15, 0.2) is 0 Å². The lowest BCUT2D eigenvalue weighted by Crippen LogP contribution is -2.59. The van der Waals surface area contributed by atoms with Gasteiger partial charge in [0, 0.05) is 23.5 Å². The summed E-state index contributed by atoms with van der Waals surface area (Å²) in [6.45, 7) is 5.25. The lowest BCUT2D eigenvalue weighted by atomic mass is 9.75. The van der Waals surface area contributed by atoms with Crippen LogP contribution in [0.25, 0.3) is 10.9 Å². The number of methoxy groups -OCH3 is 1. The number of sulfonamides is 1. The summed E-state index contributed by atoms with van der Waals surface area (Å²) in [6.07, 6.45) is 13.7. The van der Waals surface area contributed by atoms with E-state index in [0.717, 1.165) is 71.2 Å². The number of nitrogens with one attached hydrogen (secondary N) is 1. The highest BCUT2D eigenvalue weighted by Gasteiger charge is 2.50. The van der Waals surface area contributed by atoms with Gasteiger partial charge >= 0.3 is 0 Å². The van der Waals surface area contributed by atoms with Crippen molar-refractivity contribution in [3.63, 3.8) is 0 Å². The number of aromatic nitrogens is 1. The minimum atomic E-state index is -3.80. The van der Waals surface area contributed by atoms with Crippen molar-refractivity contribution in [1.29, 1.82) is 0 Å². The van der Waals surface area contributed by atoms with Crippen LogP contribution in [0.1, 0.15) is 94.7 Å². The zero-order valence-corrected chi connectivity index (χ0v) is 29.1. The summed E-state index contributed by atoms with van der Waals surface area (Å²) >= 11 is 0. The molecule has 256 valence electrons. The minimum Gasteiger partial charge on any atom is -0.496 e. The quantitative estimate of drug-likeness (QED) is 0.395. The maximum absolute atomic E-state index is 14.8. The Morgan fingerprint density at radius 3 is 2.50 bits per heavy atom. The van der Waals surface area contributed by atoms with Crippen molar-refractivity contribution in [3.05, 3.63) is 63.9 Å². The SMILES string of the molecule is COc1ccc(C2CCCCC2)c2c1cc1n2CC2=C(C(=O)NS(=O)(=O)CC(C)C)C2=C2C=CC[C@@H](C(=O)N3[C@@H]4CCC[C@H]3COC4)C21. The van der Waals surface area contributed by atoms with Gasteiger partial charge in [0.1, 0.15) is 5.75 Å². The fraction of sp³-hybridized carbons (Fsp3) is 0.579. The van der Waals surface area contributed by atoms with E-state index in [1.54, 1.807) is 7.11 Å². The number of carbonyl (C=O) groups excluding carboxylic acids is 2. The largest absolute Gasteiger partial charge is 0.496 e. The fourth-order valence-electron chi connectivity index (χ4n) is 9.57. The van der Waals surface area contributed by atoms with Gasteiger partial charge in [0.05, 0.1) is 55.2 Å². The fourth-order valence-corrected chi connectivity index (χ4v) is 10.9. The molecule has 4 atom stereocenters. The lowest BCUT2D eigenvalue weighted by molar-refractivity contribution is -0.155. The molecule has 2 aromatic rings. The number of morpholine rings is 1. The number of allylic oxidation sites excluding steroid dienone is 4. The van der Waals surface area contributed by atoms with Crippen LogP contribution in [-0.2, 0) is 30.9 Å². The van der Waals surface area contributed by atoms with E-state index < -0.39 is 15.9 Å². The molecular formula is C38H47N3O6S. The van der Waals surface area contributed by atoms with Gasteiger partial charge in [-0.05, 0) is 84.8 Å². The van der Waals surface area contributed by atoms with Crippen molar-refractivity contribution < 1.29 is 27.5 Å². The van der Waals surface area contributed by atoms with Crippen LogP contribution in [-0.4, -0.2) is 67.9 Å². The zero-order chi connectivity index (χ0) is 33.3. The van der Waals surface area contributed by atoms with E-state index in [1.807, 2.05) is 13.8 Å². The molecule has 3 fully saturated rings. The number of nitrogens with zero attached hydrogens (tertiary/aromatic N) is 2. The maximum atomic E-state index is 14.8. The van der Waals surface area contributed by atoms with Gasteiger partial charge in [0.2, 0.25) is 15.9 Å². The molecule has 10 heteroatoms. The molecule has 2 saturated heterocycles. The highest BCUT2D eigenvalue weighted by Crippen LogP contribution is 2.55. The Morgan fingerprint density at radius 1 is 1.04 bits per heavy atom. The van der Waals surface area contributed by atoms with Crippen molar-refractivity contribution in [1.82, 2.24) is 14.2 Å². The molecule has 0 spiro atoms. The number of hydrogen-bond donors (Lipinski definition) is 1. The van der Waals surface area contributed by atoms with Crippen molar-refractivity contribution in [2.24, 2.45) is 11.8 Å². The van der Waals surface area contributed by atoms with Crippen molar-refractivity contribution in [2.45, 2.75) is 102 Å². The zero-order valence-electron chi connectivity index (χ0n) is 28.3. The molecule has 0 radical (unpaired) electrons. The number of piperidine rings is 1. The molecule has 1 N–H and O–H groups in total. The summed E-state index contributed by atoms with van der Waals surface area (Å²) in [5.41, 5.74) is 6.58. The second kappa shape index (κ2) is 12.2. The van der Waals surface area contributed by atoms with Gasteiger partial charge in [-0.2, -0.15) is 0 Å². The van der Waals surface area contributed by atoms with Crippen LogP contribution < -0.4 is 9.46 Å². The van der Waals surface area contributed by atoms with Crippen LogP contribution >= 0.6 is 0 Å². The Kier molecular flexibility index (Phi) is 8.10. The number of fused-ring (bicyclic) bond motifs is 8. The summed E-state index contributed by atoms with van der Waals surface area (Å²) < 4.78 is 42.4. The van der Waals surface area contributed by atoms with E-state index in [4.69, 9.17) is 9.47 Å². The molecule has 2 bridgehead atoms. The van der Waals surface area contributed by atoms with E-state index in [0.29, 0.717) is 37.7 Å². The molecule has 9 nitrogen and oxygen atoms in total. The highest BCUT2D eigenvalue weighted by molar-refractivity contribution is 7.90. The molecule has 1 unspecified atom stereocenters. The van der Waals surface area contributed by atoms with Crippen molar-refractivity contribution in [2.75, 3.05) is 26.1 Å². The number of benzene rings is 1. The van der Waals surface area contributed by atoms with Gasteiger partial charge in [0.25, 0.3) is 5.91 Å². The summed E-state index contributed by atoms with van der Waals surface area (Å²) in [5.74, 6) is -0.0467. The third-order valence-corrected chi connectivity index (χ3v) is 13.2. The summed E-state index contributed by atoms with van der Waals surface area (Å²) in [5, 5.41) is 1.04. The number of amides is 2. The Balaban J connectivity index is 1.29. The van der Waals surface area contributed by atoms with Gasteiger partial charge in [-0.3, -0.25) is 9.59 Å². The van der Waals surface area contributed by atoms with Crippen LogP contribution in [0.5, 0.6) is 5.75 Å². The minimum absolute atomic E-state index is 0.0868.